The third kappa shape index (κ3) is 3.50. The molecule has 2 saturated carbocycles. The number of aryl methyl sites for hydroxylation is 1. The van der Waals surface area contributed by atoms with Gasteiger partial charge in [-0.3, -0.25) is 4.79 Å². The van der Waals surface area contributed by atoms with Gasteiger partial charge in [0.1, 0.15) is 5.54 Å². The summed E-state index contributed by atoms with van der Waals surface area (Å²) in [5.41, 5.74) is -0.0408. The van der Waals surface area contributed by atoms with Crippen LogP contribution < -0.4 is 10.1 Å². The summed E-state index contributed by atoms with van der Waals surface area (Å²) in [5, 5.41) is 7.15. The Morgan fingerprint density at radius 1 is 1.36 bits per heavy atom. The predicted molar refractivity (Wildman–Crippen MR) is 89.1 cm³/mol. The highest BCUT2D eigenvalue weighted by Gasteiger charge is 2.41. The van der Waals surface area contributed by atoms with Gasteiger partial charge in [-0.25, -0.2) is 4.98 Å². The number of hydrogen-bond donors (Lipinski definition) is 1. The largest absolute Gasteiger partial charge is 0.477 e. The summed E-state index contributed by atoms with van der Waals surface area (Å²) in [6.07, 6.45) is 7.71. The second-order valence-electron chi connectivity index (χ2n) is 7.02. The SMILES string of the molecule is Cc1nc(C2(NC(=O)c3ccc(OCC4CC4)nc3)CCCC2)no1. The first-order valence-electron chi connectivity index (χ1n) is 8.87. The lowest BCUT2D eigenvalue weighted by atomic mass is 9.96. The standard InChI is InChI=1S/C18H22N4O3/c1-12-20-17(22-25-12)18(8-2-3-9-18)21-16(23)14-6-7-15(19-10-14)24-11-13-4-5-13/h6-7,10,13H,2-5,8-9,11H2,1H3,(H,21,23). The fraction of sp³-hybridized carbons (Fsp3) is 0.556. The zero-order valence-electron chi connectivity index (χ0n) is 14.3. The summed E-state index contributed by atoms with van der Waals surface area (Å²) in [5.74, 6) is 2.13. The van der Waals surface area contributed by atoms with Crippen LogP contribution in [-0.4, -0.2) is 27.6 Å². The van der Waals surface area contributed by atoms with E-state index < -0.39 is 5.54 Å². The molecule has 25 heavy (non-hydrogen) atoms. The number of carbonyl (C=O) groups is 1. The first-order valence-corrected chi connectivity index (χ1v) is 8.87. The zero-order valence-corrected chi connectivity index (χ0v) is 14.3. The maximum Gasteiger partial charge on any atom is 0.253 e. The van der Waals surface area contributed by atoms with Crippen molar-refractivity contribution in [2.45, 2.75) is 51.0 Å². The molecule has 4 rings (SSSR count). The molecule has 132 valence electrons. The van der Waals surface area contributed by atoms with Crippen molar-refractivity contribution in [1.82, 2.24) is 20.4 Å². The van der Waals surface area contributed by atoms with Crippen LogP contribution in [0.5, 0.6) is 5.88 Å². The van der Waals surface area contributed by atoms with E-state index in [0.29, 0.717) is 35.7 Å². The van der Waals surface area contributed by atoms with Gasteiger partial charge in [0.15, 0.2) is 5.82 Å². The topological polar surface area (TPSA) is 90.1 Å². The molecule has 1 N–H and O–H groups in total. The van der Waals surface area contributed by atoms with E-state index in [1.165, 1.54) is 12.8 Å². The zero-order chi connectivity index (χ0) is 17.3. The number of aromatic nitrogens is 3. The van der Waals surface area contributed by atoms with Gasteiger partial charge in [-0.15, -0.1) is 0 Å². The summed E-state index contributed by atoms with van der Waals surface area (Å²) in [4.78, 5) is 21.3. The van der Waals surface area contributed by atoms with Gasteiger partial charge in [0, 0.05) is 19.2 Å². The quantitative estimate of drug-likeness (QED) is 0.868. The number of rotatable bonds is 6. The molecule has 0 bridgehead atoms. The van der Waals surface area contributed by atoms with Crippen molar-refractivity contribution in [2.24, 2.45) is 5.92 Å². The summed E-state index contributed by atoms with van der Waals surface area (Å²) >= 11 is 0. The molecule has 7 nitrogen and oxygen atoms in total. The minimum Gasteiger partial charge on any atom is -0.477 e. The molecule has 2 fully saturated rings. The molecule has 1 amide bonds. The van der Waals surface area contributed by atoms with Crippen LogP contribution in [0.1, 0.15) is 60.6 Å². The van der Waals surface area contributed by atoms with E-state index in [0.717, 1.165) is 25.7 Å². The van der Waals surface area contributed by atoms with Crippen LogP contribution in [0, 0.1) is 12.8 Å². The van der Waals surface area contributed by atoms with Gasteiger partial charge < -0.3 is 14.6 Å². The third-order valence-electron chi connectivity index (χ3n) is 4.93. The molecule has 2 aliphatic carbocycles. The molecule has 2 aromatic heterocycles. The average Bonchev–Trinajstić information content (AvgIpc) is 3.15. The summed E-state index contributed by atoms with van der Waals surface area (Å²) in [6, 6.07) is 3.49. The van der Waals surface area contributed by atoms with E-state index in [-0.39, 0.29) is 5.91 Å². The number of carbonyl (C=O) groups excluding carboxylic acids is 1. The van der Waals surface area contributed by atoms with Gasteiger partial charge in [-0.05, 0) is 37.7 Å². The van der Waals surface area contributed by atoms with E-state index in [1.807, 2.05) is 0 Å². The predicted octanol–water partition coefficient (Wildman–Crippen LogP) is 2.76. The van der Waals surface area contributed by atoms with Crippen molar-refractivity contribution >= 4 is 5.91 Å². The molecular formula is C18H22N4O3. The second kappa shape index (κ2) is 6.46. The van der Waals surface area contributed by atoms with Crippen molar-refractivity contribution in [1.29, 1.82) is 0 Å². The summed E-state index contributed by atoms with van der Waals surface area (Å²) in [6.45, 7) is 2.46. The molecule has 2 aliphatic rings. The fourth-order valence-electron chi connectivity index (χ4n) is 3.25. The molecule has 2 heterocycles. The van der Waals surface area contributed by atoms with Gasteiger partial charge in [-0.2, -0.15) is 4.98 Å². The van der Waals surface area contributed by atoms with Gasteiger partial charge in [-0.1, -0.05) is 18.0 Å². The molecule has 0 atom stereocenters. The van der Waals surface area contributed by atoms with Crippen molar-refractivity contribution in [3.05, 3.63) is 35.6 Å². The Labute approximate surface area is 146 Å². The molecule has 2 aromatic rings. The molecule has 0 unspecified atom stereocenters. The minimum absolute atomic E-state index is 0.175. The van der Waals surface area contributed by atoms with E-state index in [4.69, 9.17) is 9.26 Å². The van der Waals surface area contributed by atoms with Crippen LogP contribution in [0.3, 0.4) is 0 Å². The fourth-order valence-corrected chi connectivity index (χ4v) is 3.25. The number of nitrogens with zero attached hydrogens (tertiary/aromatic N) is 3. The number of hydrogen-bond acceptors (Lipinski definition) is 6. The third-order valence-corrected chi connectivity index (χ3v) is 4.93. The maximum absolute atomic E-state index is 12.7. The van der Waals surface area contributed by atoms with Crippen molar-refractivity contribution in [3.63, 3.8) is 0 Å². The monoisotopic (exact) mass is 342 g/mol. The Morgan fingerprint density at radius 3 is 2.76 bits per heavy atom. The van der Waals surface area contributed by atoms with Crippen molar-refractivity contribution in [2.75, 3.05) is 6.61 Å². The smallest absolute Gasteiger partial charge is 0.253 e. The minimum atomic E-state index is -0.546. The lowest BCUT2D eigenvalue weighted by Crippen LogP contribution is -2.44. The summed E-state index contributed by atoms with van der Waals surface area (Å²) < 4.78 is 10.7. The number of ether oxygens (including phenoxy) is 1. The van der Waals surface area contributed by atoms with Gasteiger partial charge >= 0.3 is 0 Å². The maximum atomic E-state index is 12.7. The Bertz CT molecular complexity index is 746. The lowest BCUT2D eigenvalue weighted by molar-refractivity contribution is 0.0891. The van der Waals surface area contributed by atoms with Crippen molar-refractivity contribution in [3.8, 4) is 5.88 Å². The Hall–Kier alpha value is -2.44. The van der Waals surface area contributed by atoms with Crippen LogP contribution in [0.15, 0.2) is 22.9 Å². The van der Waals surface area contributed by atoms with Crippen LogP contribution in [0.4, 0.5) is 0 Å². The van der Waals surface area contributed by atoms with E-state index in [1.54, 1.807) is 25.3 Å². The van der Waals surface area contributed by atoms with E-state index >= 15 is 0 Å². The molecule has 0 saturated heterocycles. The van der Waals surface area contributed by atoms with E-state index in [9.17, 15) is 4.79 Å². The molecule has 0 aliphatic heterocycles. The molecule has 0 radical (unpaired) electrons. The van der Waals surface area contributed by atoms with Gasteiger partial charge in [0.2, 0.25) is 11.8 Å². The molecular weight excluding hydrogens is 320 g/mol. The highest BCUT2D eigenvalue weighted by molar-refractivity contribution is 5.94. The number of pyridine rings is 1. The first kappa shape index (κ1) is 16.1. The Balaban J connectivity index is 1.45. The second-order valence-corrected chi connectivity index (χ2v) is 7.02. The highest BCUT2D eigenvalue weighted by atomic mass is 16.5. The molecule has 0 aromatic carbocycles. The normalized spacial score (nSPS) is 18.9. The van der Waals surface area contributed by atoms with Crippen molar-refractivity contribution < 1.29 is 14.1 Å². The van der Waals surface area contributed by atoms with Gasteiger partial charge in [0.25, 0.3) is 5.91 Å². The number of amides is 1. The van der Waals surface area contributed by atoms with Crippen LogP contribution >= 0.6 is 0 Å². The highest BCUT2D eigenvalue weighted by Crippen LogP contribution is 2.37. The van der Waals surface area contributed by atoms with Crippen LogP contribution in [-0.2, 0) is 5.54 Å². The molecule has 7 heteroatoms. The summed E-state index contributed by atoms with van der Waals surface area (Å²) in [7, 11) is 0. The van der Waals surface area contributed by atoms with Gasteiger partial charge in [0.05, 0.1) is 12.2 Å². The first-order chi connectivity index (χ1) is 12.1. The van der Waals surface area contributed by atoms with Crippen LogP contribution in [0.2, 0.25) is 0 Å². The Morgan fingerprint density at radius 2 is 2.16 bits per heavy atom. The number of nitrogens with one attached hydrogen (secondary N) is 1. The lowest BCUT2D eigenvalue weighted by Gasteiger charge is -2.26. The van der Waals surface area contributed by atoms with Crippen LogP contribution in [0.25, 0.3) is 0 Å². The average molecular weight is 342 g/mol. The molecule has 0 spiro atoms. The Kier molecular flexibility index (Phi) is 4.15. The van der Waals surface area contributed by atoms with E-state index in [2.05, 4.69) is 20.4 Å².